The second kappa shape index (κ2) is 16.4. The predicted molar refractivity (Wildman–Crippen MR) is 196 cm³/mol. The topological polar surface area (TPSA) is 121 Å². The molecule has 0 radical (unpaired) electrons. The van der Waals surface area contributed by atoms with Crippen LogP contribution in [0.4, 0.5) is 0 Å². The molecule has 0 N–H and O–H groups in total. The monoisotopic (exact) mass is 746 g/mol. The summed E-state index contributed by atoms with van der Waals surface area (Å²) in [7, 11) is -9.31. The maximum absolute atomic E-state index is 13.7. The van der Waals surface area contributed by atoms with Crippen molar-refractivity contribution in [2.24, 2.45) is 17.8 Å². The first-order valence-corrected chi connectivity index (χ1v) is 25.4. The summed E-state index contributed by atoms with van der Waals surface area (Å²) in [6.07, 6.45) is 22.7. The lowest BCUT2D eigenvalue weighted by Crippen LogP contribution is -2.41. The molecule has 0 aliphatic heterocycles. The van der Waals surface area contributed by atoms with Gasteiger partial charge in [0.15, 0.2) is 19.7 Å². The fourth-order valence-corrected chi connectivity index (χ4v) is 16.8. The minimum absolute atomic E-state index is 0.0836. The molecule has 0 aromatic heterocycles. The molecule has 6 aliphatic rings. The smallest absolute Gasteiger partial charge is 0.156 e. The molecule has 49 heavy (non-hydrogen) atoms. The third kappa shape index (κ3) is 9.66. The summed E-state index contributed by atoms with van der Waals surface area (Å²) in [6.45, 7) is 2.32. The molecule has 6 saturated carbocycles. The molecular formula is C38H66O8S3. The summed E-state index contributed by atoms with van der Waals surface area (Å²) < 4.78 is 91.3. The molecule has 11 heteroatoms. The lowest BCUT2D eigenvalue weighted by Gasteiger charge is -2.40. The molecule has 0 amide bonds. The van der Waals surface area contributed by atoms with Crippen molar-refractivity contribution in [2.75, 3.05) is 6.26 Å². The van der Waals surface area contributed by atoms with Crippen LogP contribution < -0.4 is 0 Å². The quantitative estimate of drug-likeness (QED) is 0.225. The second-order valence-corrected chi connectivity index (χ2v) is 24.8. The van der Waals surface area contributed by atoms with E-state index in [0.717, 1.165) is 121 Å². The van der Waals surface area contributed by atoms with Gasteiger partial charge in [-0.15, -0.1) is 0 Å². The molecule has 0 aromatic carbocycles. The number of hydrogen-bond donors (Lipinski definition) is 0. The van der Waals surface area contributed by atoms with Gasteiger partial charge in [-0.3, -0.25) is 0 Å². The number of hydrogen-bond acceptors (Lipinski definition) is 8. The summed E-state index contributed by atoms with van der Waals surface area (Å²) in [4.78, 5) is 0. The Morgan fingerprint density at radius 1 is 0.347 bits per heavy atom. The third-order valence-electron chi connectivity index (χ3n) is 14.2. The number of ether oxygens (including phenoxy) is 2. The molecule has 0 heterocycles. The van der Waals surface area contributed by atoms with Crippen LogP contribution in [0.3, 0.4) is 0 Å². The van der Waals surface area contributed by atoms with Gasteiger partial charge in [0.25, 0.3) is 0 Å². The molecular weight excluding hydrogens is 681 g/mol. The van der Waals surface area contributed by atoms with Gasteiger partial charge in [0, 0.05) is 6.26 Å². The summed E-state index contributed by atoms with van der Waals surface area (Å²) in [6, 6.07) is 0. The van der Waals surface area contributed by atoms with E-state index in [1.165, 1.54) is 19.1 Å². The van der Waals surface area contributed by atoms with Gasteiger partial charge in [0.05, 0.1) is 50.7 Å². The van der Waals surface area contributed by atoms with Gasteiger partial charge in [-0.2, -0.15) is 0 Å². The lowest BCUT2D eigenvalue weighted by molar-refractivity contribution is -0.0495. The summed E-state index contributed by atoms with van der Waals surface area (Å²) >= 11 is 0. The predicted octanol–water partition coefficient (Wildman–Crippen LogP) is 7.52. The highest BCUT2D eigenvalue weighted by Gasteiger charge is 2.43. The van der Waals surface area contributed by atoms with E-state index < -0.39 is 29.5 Å². The normalized spacial score (nSPS) is 42.0. The van der Waals surface area contributed by atoms with E-state index in [0.29, 0.717) is 43.6 Å². The summed E-state index contributed by atoms with van der Waals surface area (Å²) in [5.74, 6) is 1.85. The van der Waals surface area contributed by atoms with E-state index >= 15 is 0 Å². The van der Waals surface area contributed by atoms with E-state index in [-0.39, 0.29) is 44.6 Å². The molecule has 8 nitrogen and oxygen atoms in total. The van der Waals surface area contributed by atoms with Crippen LogP contribution >= 0.6 is 0 Å². The molecule has 284 valence electrons. The minimum Gasteiger partial charge on any atom is -0.375 e. The molecule has 0 saturated heterocycles. The van der Waals surface area contributed by atoms with Gasteiger partial charge in [-0.1, -0.05) is 6.92 Å². The van der Waals surface area contributed by atoms with Crippen LogP contribution in [0, 0.1) is 17.8 Å². The van der Waals surface area contributed by atoms with Crippen molar-refractivity contribution in [1.82, 2.24) is 0 Å². The standard InChI is InChI=1S/C38H66O8S3/c1-27-3-9-30(10-4-27)45-32-13-23-37(24-14-32)48(41,42)35-17-5-28(6-18-35)29-7-19-36(20-8-29)49(43,44)38-25-15-33(16-26-38)46-31-11-21-34(22-12-31)47(2,39)40/h27-38H,3-26H2,1-2H3. The van der Waals surface area contributed by atoms with Crippen molar-refractivity contribution in [1.29, 1.82) is 0 Å². The van der Waals surface area contributed by atoms with Crippen LogP contribution in [0.5, 0.6) is 0 Å². The Kier molecular flexibility index (Phi) is 12.9. The van der Waals surface area contributed by atoms with Crippen molar-refractivity contribution < 1.29 is 34.7 Å². The largest absolute Gasteiger partial charge is 0.375 e. The Morgan fingerprint density at radius 3 is 0.878 bits per heavy atom. The third-order valence-corrected chi connectivity index (χ3v) is 21.4. The maximum Gasteiger partial charge on any atom is 0.156 e. The zero-order valence-electron chi connectivity index (χ0n) is 30.4. The Balaban J connectivity index is 0.882. The van der Waals surface area contributed by atoms with Gasteiger partial charge in [0.1, 0.15) is 9.84 Å². The van der Waals surface area contributed by atoms with Crippen LogP contribution in [0.1, 0.15) is 161 Å². The van der Waals surface area contributed by atoms with Crippen molar-refractivity contribution in [2.45, 2.75) is 212 Å². The number of rotatable bonds is 10. The first kappa shape index (κ1) is 38.5. The van der Waals surface area contributed by atoms with Crippen molar-refractivity contribution in [3.63, 3.8) is 0 Å². The van der Waals surface area contributed by atoms with Crippen LogP contribution in [-0.2, 0) is 39.0 Å². The molecule has 0 unspecified atom stereocenters. The molecule has 0 atom stereocenters. The zero-order valence-corrected chi connectivity index (χ0v) is 32.8. The van der Waals surface area contributed by atoms with Gasteiger partial charge in [0.2, 0.25) is 0 Å². The van der Waals surface area contributed by atoms with Crippen molar-refractivity contribution >= 4 is 29.5 Å². The zero-order chi connectivity index (χ0) is 34.8. The van der Waals surface area contributed by atoms with Crippen molar-refractivity contribution in [3.8, 4) is 0 Å². The Morgan fingerprint density at radius 2 is 0.592 bits per heavy atom. The fourth-order valence-electron chi connectivity index (χ4n) is 10.8. The Hall–Kier alpha value is -0.230. The molecule has 6 rings (SSSR count). The van der Waals surface area contributed by atoms with Crippen LogP contribution in [0.2, 0.25) is 0 Å². The first-order chi connectivity index (χ1) is 23.3. The molecule has 6 aliphatic carbocycles. The van der Waals surface area contributed by atoms with E-state index in [1.807, 2.05) is 0 Å². The summed E-state index contributed by atoms with van der Waals surface area (Å²) in [5, 5.41) is -1.16. The summed E-state index contributed by atoms with van der Waals surface area (Å²) in [5.41, 5.74) is 0. The first-order valence-electron chi connectivity index (χ1n) is 20.2. The molecule has 6 fully saturated rings. The van der Waals surface area contributed by atoms with E-state index in [1.54, 1.807) is 0 Å². The number of sulfone groups is 3. The van der Waals surface area contributed by atoms with E-state index in [9.17, 15) is 25.3 Å². The van der Waals surface area contributed by atoms with Gasteiger partial charge >= 0.3 is 0 Å². The van der Waals surface area contributed by atoms with Crippen molar-refractivity contribution in [3.05, 3.63) is 0 Å². The average molecular weight is 747 g/mol. The maximum atomic E-state index is 13.7. The van der Waals surface area contributed by atoms with E-state index in [4.69, 9.17) is 9.47 Å². The highest BCUT2D eigenvalue weighted by atomic mass is 32.2. The molecule has 0 aromatic rings. The fraction of sp³-hybridized carbons (Fsp3) is 1.00. The average Bonchev–Trinajstić information content (AvgIpc) is 3.10. The van der Waals surface area contributed by atoms with Crippen LogP contribution in [0.25, 0.3) is 0 Å². The van der Waals surface area contributed by atoms with Gasteiger partial charge < -0.3 is 9.47 Å². The van der Waals surface area contributed by atoms with Gasteiger partial charge in [-0.25, -0.2) is 25.3 Å². The molecule has 0 spiro atoms. The van der Waals surface area contributed by atoms with Gasteiger partial charge in [-0.05, 0) is 172 Å². The Bertz CT molecular complexity index is 1360. The highest BCUT2D eigenvalue weighted by molar-refractivity contribution is 7.93. The highest BCUT2D eigenvalue weighted by Crippen LogP contribution is 2.44. The second-order valence-electron chi connectivity index (χ2n) is 17.4. The lowest BCUT2D eigenvalue weighted by atomic mass is 9.73. The SMILES string of the molecule is CC1CCC(OC2CCC(S(=O)(=O)C3CCC(C4CCC(S(=O)(=O)C5CCC(OC6CCC(S(C)(=O)=O)CC6)CC5)CC4)CC3)CC2)CC1. The van der Waals surface area contributed by atoms with Crippen LogP contribution in [0.15, 0.2) is 0 Å². The van der Waals surface area contributed by atoms with E-state index in [2.05, 4.69) is 6.92 Å². The minimum atomic E-state index is -3.19. The molecule has 0 bridgehead atoms. The Labute approximate surface area is 298 Å². The van der Waals surface area contributed by atoms with Crippen LogP contribution in [-0.4, -0.2) is 82.2 Å².